The molecule has 5 nitrogen and oxygen atoms in total. The van der Waals surface area contributed by atoms with Gasteiger partial charge in [0.1, 0.15) is 5.82 Å². The van der Waals surface area contributed by atoms with Gasteiger partial charge in [0.05, 0.1) is 11.4 Å². The number of anilines is 1. The first-order valence-electron chi connectivity index (χ1n) is 8.97. The maximum Gasteiger partial charge on any atom is 0.331 e. The van der Waals surface area contributed by atoms with E-state index in [1.165, 1.54) is 32.1 Å². The van der Waals surface area contributed by atoms with Crippen LogP contribution in [0.5, 0.6) is 0 Å². The standard InChI is InChI=1S/C20H25N3O2/c1-2-15(20(24)25)12-14-8-9-18(17(21)13-14)23-11-10-22-19(23)16-6-4-3-5-7-16/h8-13,16H,2-7,21H2,1H3,(H,24,25). The molecule has 1 aromatic heterocycles. The molecule has 1 fully saturated rings. The number of carbonyl (C=O) groups is 1. The molecule has 1 aliphatic carbocycles. The molecule has 132 valence electrons. The summed E-state index contributed by atoms with van der Waals surface area (Å²) in [6.45, 7) is 1.83. The van der Waals surface area contributed by atoms with Gasteiger partial charge in [-0.3, -0.25) is 0 Å². The Morgan fingerprint density at radius 1 is 1.36 bits per heavy atom. The van der Waals surface area contributed by atoms with Crippen LogP contribution in [0, 0.1) is 0 Å². The Balaban J connectivity index is 1.92. The number of carboxylic acid groups (broad SMARTS) is 1. The van der Waals surface area contributed by atoms with Gasteiger partial charge in [-0.15, -0.1) is 0 Å². The number of imidazole rings is 1. The second kappa shape index (κ2) is 7.55. The number of aliphatic carboxylic acids is 1. The number of carboxylic acids is 1. The van der Waals surface area contributed by atoms with Gasteiger partial charge in [0.2, 0.25) is 0 Å². The summed E-state index contributed by atoms with van der Waals surface area (Å²) in [7, 11) is 0. The molecular formula is C20H25N3O2. The van der Waals surface area contributed by atoms with Gasteiger partial charge < -0.3 is 15.4 Å². The summed E-state index contributed by atoms with van der Waals surface area (Å²) in [5.74, 6) is 0.676. The van der Waals surface area contributed by atoms with Crippen molar-refractivity contribution in [2.45, 2.75) is 51.4 Å². The fourth-order valence-electron chi connectivity index (χ4n) is 3.58. The first kappa shape index (κ1) is 17.3. The second-order valence-corrected chi connectivity index (χ2v) is 6.64. The second-order valence-electron chi connectivity index (χ2n) is 6.64. The predicted molar refractivity (Wildman–Crippen MR) is 99.7 cm³/mol. The summed E-state index contributed by atoms with van der Waals surface area (Å²) in [5, 5.41) is 9.18. The average molecular weight is 339 g/mol. The number of hydrogen-bond acceptors (Lipinski definition) is 3. The van der Waals surface area contributed by atoms with Gasteiger partial charge in [-0.05, 0) is 43.0 Å². The van der Waals surface area contributed by atoms with Crippen molar-refractivity contribution in [1.29, 1.82) is 0 Å². The molecule has 0 bridgehead atoms. The number of hydrogen-bond donors (Lipinski definition) is 2. The lowest BCUT2D eigenvalue weighted by molar-refractivity contribution is -0.132. The number of benzene rings is 1. The molecule has 1 aromatic carbocycles. The summed E-state index contributed by atoms with van der Waals surface area (Å²) in [4.78, 5) is 15.8. The number of rotatable bonds is 5. The Kier molecular flexibility index (Phi) is 5.22. The molecule has 1 heterocycles. The van der Waals surface area contributed by atoms with Crippen LogP contribution in [-0.4, -0.2) is 20.6 Å². The van der Waals surface area contributed by atoms with E-state index in [9.17, 15) is 9.90 Å². The zero-order valence-corrected chi connectivity index (χ0v) is 14.6. The third-order valence-corrected chi connectivity index (χ3v) is 4.95. The highest BCUT2D eigenvalue weighted by atomic mass is 16.4. The lowest BCUT2D eigenvalue weighted by Crippen LogP contribution is -2.12. The maximum absolute atomic E-state index is 11.2. The Morgan fingerprint density at radius 2 is 2.12 bits per heavy atom. The van der Waals surface area contributed by atoms with Crippen molar-refractivity contribution < 1.29 is 9.90 Å². The first-order valence-corrected chi connectivity index (χ1v) is 8.97. The predicted octanol–water partition coefficient (Wildman–Crippen LogP) is 4.38. The molecule has 5 heteroatoms. The average Bonchev–Trinajstić information content (AvgIpc) is 3.09. The number of nitrogens with two attached hydrogens (primary N) is 1. The quantitative estimate of drug-likeness (QED) is 0.625. The summed E-state index contributed by atoms with van der Waals surface area (Å²) in [6.07, 6.45) is 12.1. The molecule has 0 aliphatic heterocycles. The molecule has 0 saturated heterocycles. The number of nitrogens with zero attached hydrogens (tertiary/aromatic N) is 2. The van der Waals surface area contributed by atoms with Gasteiger partial charge in [0, 0.05) is 23.9 Å². The minimum absolute atomic E-state index is 0.373. The van der Waals surface area contributed by atoms with E-state index in [0.717, 1.165) is 17.1 Å². The normalized spacial score (nSPS) is 16.1. The van der Waals surface area contributed by atoms with Gasteiger partial charge in [0.15, 0.2) is 0 Å². The molecule has 0 spiro atoms. The van der Waals surface area contributed by atoms with E-state index in [1.54, 1.807) is 6.08 Å². The summed E-state index contributed by atoms with van der Waals surface area (Å²) < 4.78 is 2.08. The van der Waals surface area contributed by atoms with Crippen molar-refractivity contribution >= 4 is 17.7 Å². The zero-order chi connectivity index (χ0) is 17.8. The highest BCUT2D eigenvalue weighted by molar-refractivity contribution is 5.92. The minimum atomic E-state index is -0.889. The summed E-state index contributed by atoms with van der Waals surface area (Å²) in [5.41, 5.74) is 8.99. The van der Waals surface area contributed by atoms with E-state index in [-0.39, 0.29) is 0 Å². The van der Waals surface area contributed by atoms with E-state index >= 15 is 0 Å². The van der Waals surface area contributed by atoms with Crippen molar-refractivity contribution in [2.24, 2.45) is 0 Å². The lowest BCUT2D eigenvalue weighted by Gasteiger charge is -2.22. The molecule has 3 N–H and O–H groups in total. The third kappa shape index (κ3) is 3.76. The molecule has 0 radical (unpaired) electrons. The Morgan fingerprint density at radius 3 is 2.76 bits per heavy atom. The van der Waals surface area contributed by atoms with Crippen LogP contribution in [-0.2, 0) is 4.79 Å². The molecule has 1 saturated carbocycles. The molecule has 3 rings (SSSR count). The zero-order valence-electron chi connectivity index (χ0n) is 14.6. The van der Waals surface area contributed by atoms with Gasteiger partial charge in [-0.1, -0.05) is 32.3 Å². The monoisotopic (exact) mass is 339 g/mol. The van der Waals surface area contributed by atoms with Gasteiger partial charge in [-0.2, -0.15) is 0 Å². The minimum Gasteiger partial charge on any atom is -0.478 e. The maximum atomic E-state index is 11.2. The van der Waals surface area contributed by atoms with E-state index in [2.05, 4.69) is 9.55 Å². The van der Waals surface area contributed by atoms with Gasteiger partial charge in [0.25, 0.3) is 0 Å². The Bertz CT molecular complexity index is 786. The highest BCUT2D eigenvalue weighted by Crippen LogP contribution is 2.33. The molecule has 2 aromatic rings. The van der Waals surface area contributed by atoms with Crippen LogP contribution in [0.15, 0.2) is 36.2 Å². The van der Waals surface area contributed by atoms with Gasteiger partial charge in [-0.25, -0.2) is 9.78 Å². The molecule has 25 heavy (non-hydrogen) atoms. The molecule has 0 atom stereocenters. The van der Waals surface area contributed by atoms with Crippen LogP contribution >= 0.6 is 0 Å². The molecule has 1 aliphatic rings. The molecule has 0 amide bonds. The van der Waals surface area contributed by atoms with Crippen molar-refractivity contribution in [3.05, 3.63) is 47.6 Å². The van der Waals surface area contributed by atoms with E-state index in [4.69, 9.17) is 5.73 Å². The Hall–Kier alpha value is -2.56. The highest BCUT2D eigenvalue weighted by Gasteiger charge is 2.21. The fraction of sp³-hybridized carbons (Fsp3) is 0.400. The van der Waals surface area contributed by atoms with Crippen LogP contribution in [0.25, 0.3) is 11.8 Å². The first-order chi connectivity index (χ1) is 12.1. The van der Waals surface area contributed by atoms with Crippen molar-refractivity contribution in [3.8, 4) is 5.69 Å². The smallest absolute Gasteiger partial charge is 0.331 e. The van der Waals surface area contributed by atoms with E-state index in [0.29, 0.717) is 23.6 Å². The van der Waals surface area contributed by atoms with E-state index < -0.39 is 5.97 Å². The SMILES string of the molecule is CCC(=Cc1ccc(-n2ccnc2C2CCCCC2)c(N)c1)C(=O)O. The van der Waals surface area contributed by atoms with Crippen LogP contribution in [0.4, 0.5) is 5.69 Å². The summed E-state index contributed by atoms with van der Waals surface area (Å²) in [6, 6.07) is 5.69. The largest absolute Gasteiger partial charge is 0.478 e. The fourth-order valence-corrected chi connectivity index (χ4v) is 3.58. The van der Waals surface area contributed by atoms with E-state index in [1.807, 2.05) is 37.5 Å². The van der Waals surface area contributed by atoms with Crippen LogP contribution < -0.4 is 5.73 Å². The van der Waals surface area contributed by atoms with Crippen LogP contribution in [0.3, 0.4) is 0 Å². The van der Waals surface area contributed by atoms with Crippen LogP contribution in [0.2, 0.25) is 0 Å². The third-order valence-electron chi connectivity index (χ3n) is 4.95. The lowest BCUT2D eigenvalue weighted by atomic mass is 9.88. The van der Waals surface area contributed by atoms with Crippen molar-refractivity contribution in [3.63, 3.8) is 0 Å². The van der Waals surface area contributed by atoms with Crippen LogP contribution in [0.1, 0.15) is 62.8 Å². The molecular weight excluding hydrogens is 314 g/mol. The van der Waals surface area contributed by atoms with Gasteiger partial charge >= 0.3 is 5.97 Å². The number of aromatic nitrogens is 2. The van der Waals surface area contributed by atoms with Crippen molar-refractivity contribution in [1.82, 2.24) is 9.55 Å². The topological polar surface area (TPSA) is 81.1 Å². The van der Waals surface area contributed by atoms with Crippen molar-refractivity contribution in [2.75, 3.05) is 5.73 Å². The molecule has 0 unspecified atom stereocenters. The summed E-state index contributed by atoms with van der Waals surface area (Å²) >= 11 is 0. The Labute approximate surface area is 148 Å². The number of nitrogen functional groups attached to an aromatic ring is 1.